The topological polar surface area (TPSA) is 68.0 Å². The Morgan fingerprint density at radius 1 is 1.29 bits per heavy atom. The second-order valence-corrected chi connectivity index (χ2v) is 5.46. The van der Waals surface area contributed by atoms with Gasteiger partial charge in [0, 0.05) is 25.2 Å². The van der Waals surface area contributed by atoms with Gasteiger partial charge < -0.3 is 25.2 Å². The highest BCUT2D eigenvalue weighted by atomic mass is 16.5. The standard InChI is InChI=1S/C16H28N2O3/c1-13(2)20-9-8-18(3)11-15(19)12-21-16-7-5-4-6-14(16)10-17/h4-7,13,15,19H,8-12,17H2,1-3H3. The van der Waals surface area contributed by atoms with E-state index in [0.29, 0.717) is 19.7 Å². The Labute approximate surface area is 127 Å². The van der Waals surface area contributed by atoms with E-state index in [0.717, 1.165) is 17.9 Å². The average molecular weight is 296 g/mol. The van der Waals surface area contributed by atoms with Crippen molar-refractivity contribution < 1.29 is 14.6 Å². The van der Waals surface area contributed by atoms with Crippen molar-refractivity contribution in [3.63, 3.8) is 0 Å². The number of ether oxygens (including phenoxy) is 2. The Hall–Kier alpha value is -1.14. The first-order valence-corrected chi connectivity index (χ1v) is 7.42. The monoisotopic (exact) mass is 296 g/mol. The molecule has 0 saturated heterocycles. The Morgan fingerprint density at radius 2 is 2.00 bits per heavy atom. The van der Waals surface area contributed by atoms with Crippen LogP contribution in [0.5, 0.6) is 5.75 Å². The van der Waals surface area contributed by atoms with Crippen molar-refractivity contribution >= 4 is 0 Å². The van der Waals surface area contributed by atoms with E-state index in [1.807, 2.05) is 50.1 Å². The van der Waals surface area contributed by atoms with E-state index in [1.54, 1.807) is 0 Å². The Morgan fingerprint density at radius 3 is 2.67 bits per heavy atom. The molecule has 3 N–H and O–H groups in total. The Bertz CT molecular complexity index is 399. The minimum Gasteiger partial charge on any atom is -0.491 e. The van der Waals surface area contributed by atoms with Gasteiger partial charge in [-0.05, 0) is 27.0 Å². The first-order chi connectivity index (χ1) is 10.0. The molecule has 0 amide bonds. The predicted octanol–water partition coefficient (Wildman–Crippen LogP) is 1.24. The van der Waals surface area contributed by atoms with Crippen molar-refractivity contribution in [1.82, 2.24) is 4.90 Å². The number of hydrogen-bond donors (Lipinski definition) is 2. The van der Waals surface area contributed by atoms with Crippen LogP contribution >= 0.6 is 0 Å². The van der Waals surface area contributed by atoms with Crippen LogP contribution in [0.3, 0.4) is 0 Å². The zero-order chi connectivity index (χ0) is 15.7. The maximum Gasteiger partial charge on any atom is 0.123 e. The van der Waals surface area contributed by atoms with Crippen molar-refractivity contribution in [2.45, 2.75) is 32.6 Å². The lowest BCUT2D eigenvalue weighted by atomic mass is 10.2. The van der Waals surface area contributed by atoms with Crippen molar-refractivity contribution in [2.24, 2.45) is 5.73 Å². The van der Waals surface area contributed by atoms with Crippen molar-refractivity contribution in [3.8, 4) is 5.75 Å². The third-order valence-electron chi connectivity index (χ3n) is 3.07. The molecule has 0 fully saturated rings. The fourth-order valence-corrected chi connectivity index (χ4v) is 1.95. The van der Waals surface area contributed by atoms with Gasteiger partial charge in [0.2, 0.25) is 0 Å². The number of benzene rings is 1. The zero-order valence-corrected chi connectivity index (χ0v) is 13.3. The molecule has 120 valence electrons. The summed E-state index contributed by atoms with van der Waals surface area (Å²) in [7, 11) is 1.96. The van der Waals surface area contributed by atoms with Crippen LogP contribution in [-0.2, 0) is 11.3 Å². The van der Waals surface area contributed by atoms with Gasteiger partial charge in [-0.25, -0.2) is 0 Å². The molecule has 0 aliphatic carbocycles. The molecule has 21 heavy (non-hydrogen) atoms. The fourth-order valence-electron chi connectivity index (χ4n) is 1.95. The summed E-state index contributed by atoms with van der Waals surface area (Å²) in [4.78, 5) is 2.03. The highest BCUT2D eigenvalue weighted by molar-refractivity contribution is 5.32. The van der Waals surface area contributed by atoms with Gasteiger partial charge in [0.05, 0.1) is 12.7 Å². The molecule has 0 spiro atoms. The molecule has 1 aromatic rings. The SMILES string of the molecule is CC(C)OCCN(C)CC(O)COc1ccccc1CN. The van der Waals surface area contributed by atoms with E-state index in [1.165, 1.54) is 0 Å². The third kappa shape index (κ3) is 7.43. The number of rotatable bonds is 10. The first-order valence-electron chi connectivity index (χ1n) is 7.42. The van der Waals surface area contributed by atoms with Crippen molar-refractivity contribution in [1.29, 1.82) is 0 Å². The molecule has 1 rings (SSSR count). The quantitative estimate of drug-likeness (QED) is 0.680. The van der Waals surface area contributed by atoms with E-state index >= 15 is 0 Å². The number of para-hydroxylation sites is 1. The number of likely N-dealkylation sites (N-methyl/N-ethyl adjacent to an activating group) is 1. The summed E-state index contributed by atoms with van der Waals surface area (Å²) in [5, 5.41) is 10.0. The molecule has 0 aliphatic heterocycles. The molecule has 0 aromatic heterocycles. The van der Waals surface area contributed by atoms with Crippen LogP contribution in [0.4, 0.5) is 0 Å². The smallest absolute Gasteiger partial charge is 0.123 e. The maximum absolute atomic E-state index is 10.0. The molecule has 1 unspecified atom stereocenters. The van der Waals surface area contributed by atoms with Gasteiger partial charge >= 0.3 is 0 Å². The second-order valence-electron chi connectivity index (χ2n) is 5.46. The van der Waals surface area contributed by atoms with Crippen LogP contribution in [0.15, 0.2) is 24.3 Å². The van der Waals surface area contributed by atoms with Crippen LogP contribution in [0.25, 0.3) is 0 Å². The number of aliphatic hydroxyl groups excluding tert-OH is 1. The largest absolute Gasteiger partial charge is 0.491 e. The van der Waals surface area contributed by atoms with E-state index in [4.69, 9.17) is 15.2 Å². The van der Waals surface area contributed by atoms with Crippen molar-refractivity contribution in [3.05, 3.63) is 29.8 Å². The zero-order valence-electron chi connectivity index (χ0n) is 13.3. The van der Waals surface area contributed by atoms with Gasteiger partial charge in [-0.3, -0.25) is 0 Å². The lowest BCUT2D eigenvalue weighted by Gasteiger charge is -2.21. The second kappa shape index (κ2) is 9.73. The third-order valence-corrected chi connectivity index (χ3v) is 3.07. The van der Waals surface area contributed by atoms with Crippen LogP contribution in [0.1, 0.15) is 19.4 Å². The highest BCUT2D eigenvalue weighted by Crippen LogP contribution is 2.17. The molecule has 0 aliphatic rings. The number of aliphatic hydroxyl groups is 1. The summed E-state index contributed by atoms with van der Waals surface area (Å²) < 4.78 is 11.1. The minimum atomic E-state index is -0.542. The average Bonchev–Trinajstić information content (AvgIpc) is 2.45. The van der Waals surface area contributed by atoms with E-state index in [9.17, 15) is 5.11 Å². The maximum atomic E-state index is 10.0. The Balaban J connectivity index is 2.28. The van der Waals surface area contributed by atoms with Gasteiger partial charge in [-0.2, -0.15) is 0 Å². The normalized spacial score (nSPS) is 12.9. The van der Waals surface area contributed by atoms with Crippen LogP contribution in [-0.4, -0.2) is 55.6 Å². The van der Waals surface area contributed by atoms with Gasteiger partial charge in [0.1, 0.15) is 18.5 Å². The molecular weight excluding hydrogens is 268 g/mol. The van der Waals surface area contributed by atoms with Gasteiger partial charge in [0.25, 0.3) is 0 Å². The lowest BCUT2D eigenvalue weighted by Crippen LogP contribution is -2.35. The summed E-state index contributed by atoms with van der Waals surface area (Å²) in [5.74, 6) is 0.741. The summed E-state index contributed by atoms with van der Waals surface area (Å²) in [5.41, 5.74) is 6.60. The van der Waals surface area contributed by atoms with Crippen molar-refractivity contribution in [2.75, 3.05) is 33.4 Å². The summed E-state index contributed by atoms with van der Waals surface area (Å²) in [6.07, 6.45) is -0.306. The van der Waals surface area contributed by atoms with Gasteiger partial charge in [-0.1, -0.05) is 18.2 Å². The molecule has 1 atom stereocenters. The predicted molar refractivity (Wildman–Crippen MR) is 84.4 cm³/mol. The van der Waals surface area contributed by atoms with E-state index in [2.05, 4.69) is 0 Å². The van der Waals surface area contributed by atoms with E-state index in [-0.39, 0.29) is 12.7 Å². The van der Waals surface area contributed by atoms with E-state index < -0.39 is 6.10 Å². The lowest BCUT2D eigenvalue weighted by molar-refractivity contribution is 0.0413. The first kappa shape index (κ1) is 17.9. The van der Waals surface area contributed by atoms with Crippen LogP contribution < -0.4 is 10.5 Å². The number of hydrogen-bond acceptors (Lipinski definition) is 5. The molecule has 5 nitrogen and oxygen atoms in total. The molecule has 0 bridgehead atoms. The number of nitrogens with two attached hydrogens (primary N) is 1. The summed E-state index contributed by atoms with van der Waals surface area (Å²) in [6.45, 7) is 6.71. The molecule has 1 aromatic carbocycles. The van der Waals surface area contributed by atoms with Gasteiger partial charge in [0.15, 0.2) is 0 Å². The van der Waals surface area contributed by atoms with Gasteiger partial charge in [-0.15, -0.1) is 0 Å². The summed E-state index contributed by atoms with van der Waals surface area (Å²) >= 11 is 0. The molecule has 0 heterocycles. The summed E-state index contributed by atoms with van der Waals surface area (Å²) in [6, 6.07) is 7.62. The Kier molecular flexibility index (Phi) is 8.30. The minimum absolute atomic E-state index is 0.236. The molecular formula is C16H28N2O3. The molecule has 0 saturated carbocycles. The highest BCUT2D eigenvalue weighted by Gasteiger charge is 2.10. The molecule has 5 heteroatoms. The fraction of sp³-hybridized carbons (Fsp3) is 0.625. The number of nitrogens with zero attached hydrogens (tertiary/aromatic N) is 1. The van der Waals surface area contributed by atoms with Crippen LogP contribution in [0, 0.1) is 0 Å². The molecule has 0 radical (unpaired) electrons. The van der Waals surface area contributed by atoms with Crippen LogP contribution in [0.2, 0.25) is 0 Å².